The summed E-state index contributed by atoms with van der Waals surface area (Å²) in [6.07, 6.45) is 0. The van der Waals surface area contributed by atoms with Gasteiger partial charge in [-0.3, -0.25) is 4.99 Å². The van der Waals surface area contributed by atoms with Crippen molar-refractivity contribution in [2.45, 2.75) is 27.3 Å². The Balaban J connectivity index is 0.00000676. The number of hydrogen-bond donors (Lipinski definition) is 2. The first-order valence-electron chi connectivity index (χ1n) is 9.08. The molecule has 0 aliphatic carbocycles. The summed E-state index contributed by atoms with van der Waals surface area (Å²) in [4.78, 5) is 6.53. The maximum absolute atomic E-state index is 5.85. The Labute approximate surface area is 182 Å². The fourth-order valence-electron chi connectivity index (χ4n) is 2.81. The summed E-state index contributed by atoms with van der Waals surface area (Å²) >= 11 is 0. The molecule has 0 spiro atoms. The number of benzene rings is 1. The average molecular weight is 492 g/mol. The van der Waals surface area contributed by atoms with Gasteiger partial charge in [0.2, 0.25) is 0 Å². The van der Waals surface area contributed by atoms with E-state index in [4.69, 9.17) is 9.47 Å². The Hall–Kier alpha value is -1.06. The summed E-state index contributed by atoms with van der Waals surface area (Å²) in [5.41, 5.74) is 2.43. The molecule has 0 aromatic heterocycles. The van der Waals surface area contributed by atoms with Gasteiger partial charge in [-0.25, -0.2) is 0 Å². The Morgan fingerprint density at radius 2 is 1.89 bits per heavy atom. The summed E-state index contributed by atoms with van der Waals surface area (Å²) in [6.45, 7) is 10.2. The van der Waals surface area contributed by atoms with Crippen molar-refractivity contribution in [2.75, 3.05) is 54.6 Å². The number of nitrogens with zero attached hydrogens (tertiary/aromatic N) is 2. The number of methoxy groups -OCH3 is 1. The normalized spacial score (nSPS) is 11.9. The number of aliphatic imine (C=N–C) groups is 1. The van der Waals surface area contributed by atoms with Gasteiger partial charge in [0.1, 0.15) is 12.4 Å². The van der Waals surface area contributed by atoms with Crippen LogP contribution < -0.4 is 15.4 Å². The Morgan fingerprint density at radius 1 is 1.19 bits per heavy atom. The summed E-state index contributed by atoms with van der Waals surface area (Å²) in [5.74, 6) is 1.68. The molecule has 0 atom stereocenters. The van der Waals surface area contributed by atoms with E-state index in [1.807, 2.05) is 0 Å². The smallest absolute Gasteiger partial charge is 0.191 e. The predicted molar refractivity (Wildman–Crippen MR) is 125 cm³/mol. The number of aryl methyl sites for hydroxylation is 1. The van der Waals surface area contributed by atoms with Gasteiger partial charge >= 0.3 is 0 Å². The van der Waals surface area contributed by atoms with Crippen LogP contribution in [-0.2, 0) is 11.3 Å². The number of rotatable bonds is 10. The van der Waals surface area contributed by atoms with Crippen LogP contribution in [0.5, 0.6) is 5.75 Å². The molecule has 0 saturated heterocycles. The largest absolute Gasteiger partial charge is 0.491 e. The zero-order valence-corrected chi connectivity index (χ0v) is 20.2. The van der Waals surface area contributed by atoms with Gasteiger partial charge in [0, 0.05) is 39.4 Å². The van der Waals surface area contributed by atoms with Gasteiger partial charge in [0.25, 0.3) is 0 Å². The number of ether oxygens (including phenoxy) is 2. The molecule has 0 fully saturated rings. The molecule has 1 rings (SSSR count). The zero-order chi connectivity index (χ0) is 19.6. The van der Waals surface area contributed by atoms with Crippen LogP contribution in [0.2, 0.25) is 0 Å². The molecule has 0 aliphatic rings. The third-order valence-corrected chi connectivity index (χ3v) is 3.92. The molecule has 0 amide bonds. The van der Waals surface area contributed by atoms with Crippen molar-refractivity contribution in [1.82, 2.24) is 15.5 Å². The monoisotopic (exact) mass is 492 g/mol. The van der Waals surface area contributed by atoms with Crippen molar-refractivity contribution in [3.8, 4) is 5.75 Å². The van der Waals surface area contributed by atoms with E-state index in [0.29, 0.717) is 19.8 Å². The second-order valence-corrected chi connectivity index (χ2v) is 7.63. The second kappa shape index (κ2) is 13.2. The van der Waals surface area contributed by atoms with Gasteiger partial charge in [0.05, 0.1) is 6.61 Å². The summed E-state index contributed by atoms with van der Waals surface area (Å²) in [5, 5.41) is 6.80. The summed E-state index contributed by atoms with van der Waals surface area (Å²) < 4.78 is 10.9. The van der Waals surface area contributed by atoms with Gasteiger partial charge in [-0.05, 0) is 38.1 Å². The van der Waals surface area contributed by atoms with E-state index in [0.717, 1.165) is 30.4 Å². The first-order chi connectivity index (χ1) is 12.3. The van der Waals surface area contributed by atoms with E-state index in [1.165, 1.54) is 5.56 Å². The highest BCUT2D eigenvalue weighted by Crippen LogP contribution is 2.20. The highest BCUT2D eigenvalue weighted by Gasteiger charge is 2.19. The second-order valence-electron chi connectivity index (χ2n) is 7.63. The van der Waals surface area contributed by atoms with E-state index in [2.05, 4.69) is 73.6 Å². The highest BCUT2D eigenvalue weighted by molar-refractivity contribution is 14.0. The topological polar surface area (TPSA) is 58.1 Å². The minimum atomic E-state index is 0. The standard InChI is InChI=1S/C20H36N4O2.HI/c1-16-8-9-17(18(12-16)26-11-10-25-7)13-22-19(21-4)23-14-20(2,3)15-24(5)6;/h8-9,12H,10-11,13-15H2,1-7H3,(H2,21,22,23);1H. The lowest BCUT2D eigenvalue weighted by molar-refractivity contribution is 0.145. The van der Waals surface area contributed by atoms with Gasteiger partial charge < -0.3 is 25.0 Å². The molecule has 6 nitrogen and oxygen atoms in total. The number of guanidine groups is 1. The summed E-state index contributed by atoms with van der Waals surface area (Å²) in [6, 6.07) is 6.24. The minimum absolute atomic E-state index is 0. The first kappa shape index (κ1) is 25.9. The molecule has 0 radical (unpaired) electrons. The van der Waals surface area contributed by atoms with Crippen molar-refractivity contribution in [3.05, 3.63) is 29.3 Å². The van der Waals surface area contributed by atoms with Crippen LogP contribution in [0.3, 0.4) is 0 Å². The number of hydrogen-bond acceptors (Lipinski definition) is 4. The molecule has 0 aliphatic heterocycles. The Bertz CT molecular complexity index is 577. The third-order valence-electron chi connectivity index (χ3n) is 3.92. The number of nitrogens with one attached hydrogen (secondary N) is 2. The minimum Gasteiger partial charge on any atom is -0.491 e. The van der Waals surface area contributed by atoms with Crippen molar-refractivity contribution < 1.29 is 9.47 Å². The molecule has 156 valence electrons. The van der Waals surface area contributed by atoms with Crippen molar-refractivity contribution in [3.63, 3.8) is 0 Å². The van der Waals surface area contributed by atoms with E-state index in [-0.39, 0.29) is 29.4 Å². The molecule has 0 unspecified atom stereocenters. The molecular formula is C20H37IN4O2. The van der Waals surface area contributed by atoms with Gasteiger partial charge in [-0.15, -0.1) is 24.0 Å². The zero-order valence-electron chi connectivity index (χ0n) is 17.9. The maximum Gasteiger partial charge on any atom is 0.191 e. The van der Waals surface area contributed by atoms with E-state index >= 15 is 0 Å². The lowest BCUT2D eigenvalue weighted by Gasteiger charge is -2.29. The van der Waals surface area contributed by atoms with Gasteiger partial charge in [0.15, 0.2) is 5.96 Å². The predicted octanol–water partition coefficient (Wildman–Crippen LogP) is 2.89. The summed E-state index contributed by atoms with van der Waals surface area (Å²) in [7, 11) is 7.66. The lowest BCUT2D eigenvalue weighted by atomic mass is 9.93. The Morgan fingerprint density at radius 3 is 2.48 bits per heavy atom. The van der Waals surface area contributed by atoms with Crippen LogP contribution in [0, 0.1) is 12.3 Å². The van der Waals surface area contributed by atoms with Gasteiger partial charge in [-0.2, -0.15) is 0 Å². The average Bonchev–Trinajstić information content (AvgIpc) is 2.55. The molecule has 2 N–H and O–H groups in total. The van der Waals surface area contributed by atoms with Crippen molar-refractivity contribution >= 4 is 29.9 Å². The molecule has 0 heterocycles. The molecule has 1 aromatic rings. The highest BCUT2D eigenvalue weighted by atomic mass is 127. The maximum atomic E-state index is 5.85. The quantitative estimate of drug-likeness (QED) is 0.228. The number of halogens is 1. The SMILES string of the molecule is CN=C(NCc1ccc(C)cc1OCCOC)NCC(C)(C)CN(C)C.I. The molecule has 0 saturated carbocycles. The molecular weight excluding hydrogens is 455 g/mol. The van der Waals surface area contributed by atoms with Crippen LogP contribution in [0.1, 0.15) is 25.0 Å². The molecule has 1 aromatic carbocycles. The van der Waals surface area contributed by atoms with Crippen LogP contribution in [-0.4, -0.2) is 65.4 Å². The Kier molecular flexibility index (Phi) is 12.7. The van der Waals surface area contributed by atoms with Crippen LogP contribution in [0.15, 0.2) is 23.2 Å². The van der Waals surface area contributed by atoms with E-state index in [9.17, 15) is 0 Å². The van der Waals surface area contributed by atoms with Crippen molar-refractivity contribution in [1.29, 1.82) is 0 Å². The molecule has 7 heteroatoms. The molecule has 27 heavy (non-hydrogen) atoms. The fourth-order valence-corrected chi connectivity index (χ4v) is 2.81. The lowest BCUT2D eigenvalue weighted by Crippen LogP contribution is -2.44. The third kappa shape index (κ3) is 10.8. The van der Waals surface area contributed by atoms with Crippen molar-refractivity contribution in [2.24, 2.45) is 10.4 Å². The van der Waals surface area contributed by atoms with Crippen LogP contribution in [0.25, 0.3) is 0 Å². The first-order valence-corrected chi connectivity index (χ1v) is 9.08. The fraction of sp³-hybridized carbons (Fsp3) is 0.650. The van der Waals surface area contributed by atoms with Crippen LogP contribution >= 0.6 is 24.0 Å². The van der Waals surface area contributed by atoms with E-state index in [1.54, 1.807) is 14.2 Å². The molecule has 0 bridgehead atoms. The van der Waals surface area contributed by atoms with E-state index < -0.39 is 0 Å². The van der Waals surface area contributed by atoms with Gasteiger partial charge in [-0.1, -0.05) is 26.0 Å². The van der Waals surface area contributed by atoms with Crippen LogP contribution in [0.4, 0.5) is 0 Å².